The zero-order chi connectivity index (χ0) is 37.4. The summed E-state index contributed by atoms with van der Waals surface area (Å²) in [7, 11) is 0. The molecule has 3 aromatic heterocycles. The fourth-order valence-corrected chi connectivity index (χ4v) is 9.19. The van der Waals surface area contributed by atoms with Gasteiger partial charge in [-0.1, -0.05) is 135 Å². The standard InChI is InChI=1S/C51H38N4O/c1-51(2)42-18-7-6-15-38(42)39-26-24-36(30-43(39)51)49-53-48(34-11-4-3-5-12-34)54-50(55-49)40-17-9-19-45-46(40)41-29-35(25-27-44(41)56-45)31-20-22-32(23-21-31)37-16-8-13-33-14-10-28-52-47(33)37/h3-6,8-17,19-22,24-30,32H,7,18,23H2,1-2H3. The number of allylic oxidation sites excluding steroid dienone is 8. The first-order valence-corrected chi connectivity index (χ1v) is 19.5. The van der Waals surface area contributed by atoms with E-state index in [1.165, 1.54) is 38.8 Å². The maximum atomic E-state index is 6.50. The minimum atomic E-state index is -0.0560. The summed E-state index contributed by atoms with van der Waals surface area (Å²) < 4.78 is 6.50. The topological polar surface area (TPSA) is 64.7 Å². The van der Waals surface area contributed by atoms with E-state index in [0.29, 0.717) is 17.5 Å². The summed E-state index contributed by atoms with van der Waals surface area (Å²) in [6.45, 7) is 4.70. The second-order valence-electron chi connectivity index (χ2n) is 15.7. The Hall–Kier alpha value is -6.72. The van der Waals surface area contributed by atoms with Crippen molar-refractivity contribution in [2.45, 2.75) is 44.4 Å². The largest absolute Gasteiger partial charge is 0.456 e. The van der Waals surface area contributed by atoms with Crippen LogP contribution in [0.3, 0.4) is 0 Å². The number of furan rings is 1. The Labute approximate surface area is 325 Å². The highest BCUT2D eigenvalue weighted by Crippen LogP contribution is 2.51. The SMILES string of the molecule is CC1(C)C2=C(C=CCC2)c2ccc(-c3nc(-c4ccccc4)nc(-c4cccc5oc6ccc(C7=CCC(c8cccc9cccnc89)C=C7)cc6c45)n3)cc21. The molecule has 56 heavy (non-hydrogen) atoms. The van der Waals surface area contributed by atoms with Crippen LogP contribution in [0, 0.1) is 0 Å². The highest BCUT2D eigenvalue weighted by molar-refractivity contribution is 6.12. The van der Waals surface area contributed by atoms with Crippen LogP contribution in [0.5, 0.6) is 0 Å². The number of hydrogen-bond donors (Lipinski definition) is 0. The average Bonchev–Trinajstić information content (AvgIpc) is 3.75. The number of rotatable bonds is 5. The van der Waals surface area contributed by atoms with E-state index in [9.17, 15) is 0 Å². The first-order valence-electron chi connectivity index (χ1n) is 19.5. The van der Waals surface area contributed by atoms with Crippen molar-refractivity contribution in [2.75, 3.05) is 0 Å². The molecule has 0 spiro atoms. The maximum absolute atomic E-state index is 6.50. The fourth-order valence-electron chi connectivity index (χ4n) is 9.19. The minimum absolute atomic E-state index is 0.0560. The molecule has 0 saturated carbocycles. The Bertz CT molecular complexity index is 3030. The van der Waals surface area contributed by atoms with Crippen LogP contribution in [-0.4, -0.2) is 19.9 Å². The molecule has 3 heterocycles. The van der Waals surface area contributed by atoms with Crippen LogP contribution in [-0.2, 0) is 5.41 Å². The van der Waals surface area contributed by atoms with Gasteiger partial charge in [0.1, 0.15) is 11.2 Å². The molecule has 0 aliphatic heterocycles. The Morgan fingerprint density at radius 3 is 2.38 bits per heavy atom. The van der Waals surface area contributed by atoms with Gasteiger partial charge in [-0.3, -0.25) is 4.98 Å². The van der Waals surface area contributed by atoms with Gasteiger partial charge in [0, 0.05) is 50.4 Å². The van der Waals surface area contributed by atoms with Gasteiger partial charge in [-0.15, -0.1) is 0 Å². The number of pyridine rings is 1. The van der Waals surface area contributed by atoms with Crippen LogP contribution in [0.25, 0.3) is 78.2 Å². The quantitative estimate of drug-likeness (QED) is 0.177. The van der Waals surface area contributed by atoms with Crippen molar-refractivity contribution in [3.05, 3.63) is 180 Å². The predicted molar refractivity (Wildman–Crippen MR) is 228 cm³/mol. The monoisotopic (exact) mass is 722 g/mol. The minimum Gasteiger partial charge on any atom is -0.456 e. The number of para-hydroxylation sites is 1. The van der Waals surface area contributed by atoms with E-state index in [1.807, 2.05) is 42.6 Å². The molecule has 3 aliphatic rings. The number of hydrogen-bond acceptors (Lipinski definition) is 5. The zero-order valence-electron chi connectivity index (χ0n) is 31.3. The normalized spacial score (nSPS) is 17.1. The van der Waals surface area contributed by atoms with E-state index in [1.54, 1.807) is 0 Å². The average molecular weight is 723 g/mol. The molecule has 11 rings (SSSR count). The number of fused-ring (bicyclic) bond motifs is 6. The molecule has 5 heteroatoms. The predicted octanol–water partition coefficient (Wildman–Crippen LogP) is 12.8. The second-order valence-corrected chi connectivity index (χ2v) is 15.7. The molecule has 0 N–H and O–H groups in total. The van der Waals surface area contributed by atoms with Crippen LogP contribution in [0.2, 0.25) is 0 Å². The molecular formula is C51H38N4O. The third kappa shape index (κ3) is 5.22. The summed E-state index contributed by atoms with van der Waals surface area (Å²) in [6.07, 6.45) is 16.5. The summed E-state index contributed by atoms with van der Waals surface area (Å²) in [5.41, 5.74) is 14.7. The van der Waals surface area contributed by atoms with Gasteiger partial charge in [0.25, 0.3) is 0 Å². The molecule has 268 valence electrons. The smallest absolute Gasteiger partial charge is 0.164 e. The molecule has 0 fully saturated rings. The van der Waals surface area contributed by atoms with E-state index in [4.69, 9.17) is 24.4 Å². The van der Waals surface area contributed by atoms with Crippen molar-refractivity contribution in [2.24, 2.45) is 0 Å². The second kappa shape index (κ2) is 12.7. The van der Waals surface area contributed by atoms with E-state index in [2.05, 4.69) is 123 Å². The molecule has 0 radical (unpaired) electrons. The molecule has 1 unspecified atom stereocenters. The highest BCUT2D eigenvalue weighted by Gasteiger charge is 2.37. The summed E-state index contributed by atoms with van der Waals surface area (Å²) >= 11 is 0. The van der Waals surface area contributed by atoms with Crippen LogP contribution in [0.4, 0.5) is 0 Å². The third-order valence-electron chi connectivity index (χ3n) is 12.1. The fraction of sp³-hybridized carbons (Fsp3) is 0.137. The molecule has 0 amide bonds. The molecule has 0 bridgehead atoms. The van der Waals surface area contributed by atoms with E-state index >= 15 is 0 Å². The lowest BCUT2D eigenvalue weighted by atomic mass is 9.78. The van der Waals surface area contributed by atoms with Gasteiger partial charge in [-0.25, -0.2) is 15.0 Å². The molecule has 5 aromatic carbocycles. The van der Waals surface area contributed by atoms with E-state index in [-0.39, 0.29) is 11.3 Å². The Morgan fingerprint density at radius 1 is 0.679 bits per heavy atom. The lowest BCUT2D eigenvalue weighted by Gasteiger charge is -2.26. The van der Waals surface area contributed by atoms with Gasteiger partial charge >= 0.3 is 0 Å². The van der Waals surface area contributed by atoms with E-state index < -0.39 is 0 Å². The molecule has 1 atom stereocenters. The lowest BCUT2D eigenvalue weighted by molar-refractivity contribution is 0.607. The molecule has 5 nitrogen and oxygen atoms in total. The Kier molecular flexibility index (Phi) is 7.40. The summed E-state index contributed by atoms with van der Waals surface area (Å²) in [4.78, 5) is 20.3. The first-order chi connectivity index (χ1) is 27.5. The third-order valence-corrected chi connectivity index (χ3v) is 12.1. The van der Waals surface area contributed by atoms with Crippen molar-refractivity contribution in [1.29, 1.82) is 0 Å². The van der Waals surface area contributed by atoms with Crippen molar-refractivity contribution in [3.8, 4) is 34.2 Å². The maximum Gasteiger partial charge on any atom is 0.164 e. The Morgan fingerprint density at radius 2 is 1.50 bits per heavy atom. The molecule has 0 saturated heterocycles. The number of aromatic nitrogens is 4. The van der Waals surface area contributed by atoms with E-state index in [0.717, 1.165) is 69.0 Å². The van der Waals surface area contributed by atoms with Gasteiger partial charge < -0.3 is 4.42 Å². The van der Waals surface area contributed by atoms with Crippen LogP contribution < -0.4 is 0 Å². The van der Waals surface area contributed by atoms with Crippen molar-refractivity contribution in [1.82, 2.24) is 19.9 Å². The summed E-state index contributed by atoms with van der Waals surface area (Å²) in [6, 6.07) is 40.2. The zero-order valence-corrected chi connectivity index (χ0v) is 31.3. The summed E-state index contributed by atoms with van der Waals surface area (Å²) in [5, 5.41) is 3.21. The molecule has 3 aliphatic carbocycles. The van der Waals surface area contributed by atoms with Gasteiger partial charge in [-0.05, 0) is 83.0 Å². The van der Waals surface area contributed by atoms with Crippen molar-refractivity contribution in [3.63, 3.8) is 0 Å². The van der Waals surface area contributed by atoms with Crippen molar-refractivity contribution >= 4 is 44.0 Å². The van der Waals surface area contributed by atoms with Gasteiger partial charge in [0.2, 0.25) is 0 Å². The molecule has 8 aromatic rings. The van der Waals surface area contributed by atoms with Crippen LogP contribution >= 0.6 is 0 Å². The van der Waals surface area contributed by atoms with Gasteiger partial charge in [0.15, 0.2) is 17.5 Å². The van der Waals surface area contributed by atoms with Crippen LogP contribution in [0.1, 0.15) is 61.3 Å². The molecular weight excluding hydrogens is 685 g/mol. The highest BCUT2D eigenvalue weighted by atomic mass is 16.3. The van der Waals surface area contributed by atoms with Gasteiger partial charge in [-0.2, -0.15) is 0 Å². The lowest BCUT2D eigenvalue weighted by Crippen LogP contribution is -2.17. The number of benzene rings is 5. The Balaban J connectivity index is 1.01. The van der Waals surface area contributed by atoms with Gasteiger partial charge in [0.05, 0.1) is 5.52 Å². The van der Waals surface area contributed by atoms with Crippen molar-refractivity contribution < 1.29 is 4.42 Å². The van der Waals surface area contributed by atoms with Crippen LogP contribution in [0.15, 0.2) is 162 Å². The number of nitrogens with zero attached hydrogens (tertiary/aromatic N) is 4. The first kappa shape index (κ1) is 32.7. The summed E-state index contributed by atoms with van der Waals surface area (Å²) in [5.74, 6) is 2.20.